The zero-order valence-electron chi connectivity index (χ0n) is 19.0. The molecule has 10 nitrogen and oxygen atoms in total. The van der Waals surface area contributed by atoms with Crippen LogP contribution >= 0.6 is 11.8 Å². The second-order valence-electron chi connectivity index (χ2n) is 7.36. The highest BCUT2D eigenvalue weighted by molar-refractivity contribution is 8.00. The SMILES string of the molecule is CCOc1ccc(-n2c(SC(C)C(=O)Nc3cccc([N+](=O)[O-])c3)nnc2-c2ccncc2)cc1. The summed E-state index contributed by atoms with van der Waals surface area (Å²) in [7, 11) is 0. The quantitative estimate of drug-likeness (QED) is 0.202. The molecule has 2 heterocycles. The Bertz CT molecular complexity index is 1330. The normalized spacial score (nSPS) is 11.6. The third-order valence-electron chi connectivity index (χ3n) is 4.95. The molecule has 0 aliphatic rings. The van der Waals surface area contributed by atoms with E-state index in [4.69, 9.17) is 4.74 Å². The number of ether oxygens (including phenoxy) is 1. The molecule has 2 aromatic carbocycles. The molecule has 0 aliphatic heterocycles. The second-order valence-corrected chi connectivity index (χ2v) is 8.67. The molecule has 0 saturated carbocycles. The lowest BCUT2D eigenvalue weighted by molar-refractivity contribution is -0.384. The van der Waals surface area contributed by atoms with Crippen molar-refractivity contribution in [1.82, 2.24) is 19.7 Å². The maximum Gasteiger partial charge on any atom is 0.271 e. The summed E-state index contributed by atoms with van der Waals surface area (Å²) in [6.07, 6.45) is 3.35. The van der Waals surface area contributed by atoms with Gasteiger partial charge in [-0.15, -0.1) is 10.2 Å². The van der Waals surface area contributed by atoms with Crippen molar-refractivity contribution >= 4 is 29.0 Å². The van der Waals surface area contributed by atoms with Gasteiger partial charge in [0.1, 0.15) is 5.75 Å². The highest BCUT2D eigenvalue weighted by Gasteiger charge is 2.22. The molecule has 0 aliphatic carbocycles. The van der Waals surface area contributed by atoms with Crippen molar-refractivity contribution in [2.24, 2.45) is 0 Å². The van der Waals surface area contributed by atoms with E-state index in [9.17, 15) is 14.9 Å². The summed E-state index contributed by atoms with van der Waals surface area (Å²) in [6.45, 7) is 4.22. The van der Waals surface area contributed by atoms with Gasteiger partial charge < -0.3 is 10.1 Å². The van der Waals surface area contributed by atoms with Crippen molar-refractivity contribution in [3.05, 3.63) is 83.2 Å². The van der Waals surface area contributed by atoms with Crippen LogP contribution in [0.4, 0.5) is 11.4 Å². The molecule has 0 bridgehead atoms. The zero-order chi connectivity index (χ0) is 24.8. The largest absolute Gasteiger partial charge is 0.494 e. The molecule has 4 aromatic rings. The molecule has 1 unspecified atom stereocenters. The van der Waals surface area contributed by atoms with Gasteiger partial charge in [0, 0.05) is 41.5 Å². The molecule has 0 spiro atoms. The van der Waals surface area contributed by atoms with E-state index in [1.54, 1.807) is 25.4 Å². The van der Waals surface area contributed by atoms with Crippen molar-refractivity contribution in [3.63, 3.8) is 0 Å². The molecule has 0 saturated heterocycles. The number of nitrogens with zero attached hydrogens (tertiary/aromatic N) is 5. The summed E-state index contributed by atoms with van der Waals surface area (Å²) >= 11 is 1.23. The minimum atomic E-state index is -0.565. The second kappa shape index (κ2) is 10.8. The summed E-state index contributed by atoms with van der Waals surface area (Å²) in [4.78, 5) is 27.4. The van der Waals surface area contributed by atoms with Crippen molar-refractivity contribution in [1.29, 1.82) is 0 Å². The van der Waals surface area contributed by atoms with Gasteiger partial charge in [-0.3, -0.25) is 24.5 Å². The van der Waals surface area contributed by atoms with Gasteiger partial charge in [0.2, 0.25) is 5.91 Å². The number of nitrogens with one attached hydrogen (secondary N) is 1. The first-order valence-electron chi connectivity index (χ1n) is 10.8. The number of amides is 1. The molecule has 1 N–H and O–H groups in total. The summed E-state index contributed by atoms with van der Waals surface area (Å²) in [5.74, 6) is 1.03. The van der Waals surface area contributed by atoms with Crippen LogP contribution in [0.5, 0.6) is 5.75 Å². The summed E-state index contributed by atoms with van der Waals surface area (Å²) in [6, 6.07) is 17.0. The zero-order valence-corrected chi connectivity index (χ0v) is 19.8. The van der Waals surface area contributed by atoms with E-state index in [0.29, 0.717) is 23.3 Å². The van der Waals surface area contributed by atoms with Gasteiger partial charge in [0.25, 0.3) is 5.69 Å². The number of rotatable bonds is 9. The number of thioether (sulfide) groups is 1. The Balaban J connectivity index is 1.61. The Morgan fingerprint density at radius 3 is 2.57 bits per heavy atom. The fourth-order valence-corrected chi connectivity index (χ4v) is 4.15. The first kappa shape index (κ1) is 23.9. The average molecular weight is 491 g/mol. The molecular formula is C24H22N6O4S. The van der Waals surface area contributed by atoms with Crippen molar-refractivity contribution in [3.8, 4) is 22.8 Å². The highest BCUT2D eigenvalue weighted by Crippen LogP contribution is 2.31. The van der Waals surface area contributed by atoms with Gasteiger partial charge in [0.05, 0.1) is 16.8 Å². The number of hydrogen-bond donors (Lipinski definition) is 1. The monoisotopic (exact) mass is 490 g/mol. The van der Waals surface area contributed by atoms with Gasteiger partial charge in [-0.05, 0) is 56.3 Å². The lowest BCUT2D eigenvalue weighted by atomic mass is 10.2. The van der Waals surface area contributed by atoms with E-state index >= 15 is 0 Å². The number of aromatic nitrogens is 4. The fraction of sp³-hybridized carbons (Fsp3) is 0.167. The van der Waals surface area contributed by atoms with Crippen LogP contribution in [0, 0.1) is 10.1 Å². The molecular weight excluding hydrogens is 468 g/mol. The number of nitro groups is 1. The maximum absolute atomic E-state index is 12.9. The van der Waals surface area contributed by atoms with Crippen molar-refractivity contribution in [2.75, 3.05) is 11.9 Å². The predicted octanol–water partition coefficient (Wildman–Crippen LogP) is 4.76. The molecule has 0 radical (unpaired) electrons. The molecule has 4 rings (SSSR count). The van der Waals surface area contributed by atoms with E-state index in [2.05, 4.69) is 20.5 Å². The third kappa shape index (κ3) is 5.64. The van der Waals surface area contributed by atoms with Crippen LogP contribution in [-0.4, -0.2) is 42.4 Å². The number of carbonyl (C=O) groups is 1. The molecule has 178 valence electrons. The Morgan fingerprint density at radius 2 is 1.89 bits per heavy atom. The van der Waals surface area contributed by atoms with Gasteiger partial charge in [-0.1, -0.05) is 17.8 Å². The van der Waals surface area contributed by atoms with Crippen LogP contribution in [-0.2, 0) is 4.79 Å². The summed E-state index contributed by atoms with van der Waals surface area (Å²) < 4.78 is 7.42. The summed E-state index contributed by atoms with van der Waals surface area (Å²) in [5.41, 5.74) is 1.88. The topological polar surface area (TPSA) is 125 Å². The minimum absolute atomic E-state index is 0.0969. The van der Waals surface area contributed by atoms with E-state index in [1.165, 1.54) is 30.0 Å². The molecule has 35 heavy (non-hydrogen) atoms. The van der Waals surface area contributed by atoms with Crippen molar-refractivity contribution < 1.29 is 14.5 Å². The van der Waals surface area contributed by atoms with Crippen LogP contribution < -0.4 is 10.1 Å². The number of carbonyl (C=O) groups excluding carboxylic acids is 1. The predicted molar refractivity (Wildman–Crippen MR) is 133 cm³/mol. The molecule has 0 fully saturated rings. The van der Waals surface area contributed by atoms with Crippen LogP contribution in [0.2, 0.25) is 0 Å². The van der Waals surface area contributed by atoms with Crippen LogP contribution in [0.15, 0.2) is 78.2 Å². The number of anilines is 1. The smallest absolute Gasteiger partial charge is 0.271 e. The molecule has 1 amide bonds. The average Bonchev–Trinajstić information content (AvgIpc) is 3.28. The molecule has 1 atom stereocenters. The maximum atomic E-state index is 12.9. The Labute approximate surface area is 205 Å². The molecule has 11 heteroatoms. The minimum Gasteiger partial charge on any atom is -0.494 e. The summed E-state index contributed by atoms with van der Waals surface area (Å²) in [5, 5.41) is 22.4. The van der Waals surface area contributed by atoms with Crippen LogP contribution in [0.1, 0.15) is 13.8 Å². The van der Waals surface area contributed by atoms with E-state index in [-0.39, 0.29) is 11.6 Å². The van der Waals surface area contributed by atoms with Crippen LogP contribution in [0.3, 0.4) is 0 Å². The first-order valence-corrected chi connectivity index (χ1v) is 11.6. The van der Waals surface area contributed by atoms with Gasteiger partial charge in [-0.2, -0.15) is 0 Å². The van der Waals surface area contributed by atoms with Gasteiger partial charge in [-0.25, -0.2) is 0 Å². The standard InChI is InChI=1S/C24H22N6O4S/c1-3-34-21-9-7-19(8-10-21)29-22(17-11-13-25-14-12-17)27-28-24(29)35-16(2)23(31)26-18-5-4-6-20(15-18)30(32)33/h4-16H,3H2,1-2H3,(H,26,31). The van der Waals surface area contributed by atoms with Gasteiger partial charge >= 0.3 is 0 Å². The Hall–Kier alpha value is -4.25. The third-order valence-corrected chi connectivity index (χ3v) is 6.00. The van der Waals surface area contributed by atoms with E-state index in [0.717, 1.165) is 17.0 Å². The first-order chi connectivity index (χ1) is 17.0. The Kier molecular flexibility index (Phi) is 7.36. The van der Waals surface area contributed by atoms with E-state index < -0.39 is 10.2 Å². The highest BCUT2D eigenvalue weighted by atomic mass is 32.2. The molecule has 2 aromatic heterocycles. The fourth-order valence-electron chi connectivity index (χ4n) is 3.28. The van der Waals surface area contributed by atoms with Crippen molar-refractivity contribution in [2.45, 2.75) is 24.3 Å². The lowest BCUT2D eigenvalue weighted by Crippen LogP contribution is -2.23. The number of pyridine rings is 1. The van der Waals surface area contributed by atoms with Gasteiger partial charge in [0.15, 0.2) is 11.0 Å². The number of nitro benzene ring substituents is 1. The number of benzene rings is 2. The lowest BCUT2D eigenvalue weighted by Gasteiger charge is -2.14. The Morgan fingerprint density at radius 1 is 1.14 bits per heavy atom. The number of non-ortho nitro benzene ring substituents is 1. The van der Waals surface area contributed by atoms with E-state index in [1.807, 2.05) is 47.9 Å². The number of hydrogen-bond acceptors (Lipinski definition) is 8. The van der Waals surface area contributed by atoms with Crippen LogP contribution in [0.25, 0.3) is 17.1 Å².